The molecule has 1 unspecified atom stereocenters. The normalized spacial score (nSPS) is 22.7. The topological polar surface area (TPSA) is 64.0 Å². The summed E-state index contributed by atoms with van der Waals surface area (Å²) in [6, 6.07) is 11.5. The number of hydrogen-bond acceptors (Lipinski definition) is 7. The van der Waals surface area contributed by atoms with Gasteiger partial charge in [-0.05, 0) is 103 Å². The molecular formula is C33H39B2FN2O5S. The van der Waals surface area contributed by atoms with Crippen LogP contribution in [0.15, 0.2) is 42.6 Å². The van der Waals surface area contributed by atoms with E-state index in [4.69, 9.17) is 23.4 Å². The lowest BCUT2D eigenvalue weighted by Gasteiger charge is -2.32. The van der Waals surface area contributed by atoms with E-state index in [-0.39, 0.29) is 0 Å². The average molecular weight is 616 g/mol. The maximum atomic E-state index is 16.3. The van der Waals surface area contributed by atoms with Crippen LogP contribution in [0.25, 0.3) is 22.2 Å². The van der Waals surface area contributed by atoms with Crippen molar-refractivity contribution < 1.29 is 27.7 Å². The molecule has 7 rings (SSSR count). The number of halogens is 1. The quantitative estimate of drug-likeness (QED) is 0.242. The fraction of sp³-hybridized carbons (Fsp3) is 0.485. The first-order valence-corrected chi connectivity index (χ1v) is 16.2. The van der Waals surface area contributed by atoms with Gasteiger partial charge in [0, 0.05) is 11.6 Å². The number of ether oxygens (including phenoxy) is 1. The van der Waals surface area contributed by atoms with Gasteiger partial charge < -0.3 is 23.4 Å². The van der Waals surface area contributed by atoms with Gasteiger partial charge >= 0.3 is 14.2 Å². The van der Waals surface area contributed by atoms with E-state index in [0.717, 1.165) is 44.8 Å². The van der Waals surface area contributed by atoms with Gasteiger partial charge in [-0.15, -0.1) is 11.3 Å². The summed E-state index contributed by atoms with van der Waals surface area (Å²) in [6.45, 7) is 18.3. The highest BCUT2D eigenvalue weighted by Crippen LogP contribution is 2.46. The van der Waals surface area contributed by atoms with Gasteiger partial charge in [-0.2, -0.15) is 0 Å². The average Bonchev–Trinajstić information content (AvgIpc) is 3.65. The van der Waals surface area contributed by atoms with Gasteiger partial charge in [0.2, 0.25) is 6.23 Å². The molecule has 4 aromatic rings. The molecule has 0 bridgehead atoms. The number of hydrogen-bond donors (Lipinski definition) is 0. The molecule has 1 atom stereocenters. The third kappa shape index (κ3) is 4.57. The molecule has 2 aromatic heterocycles. The number of nitrogens with zero attached hydrogens (tertiary/aromatic N) is 2. The summed E-state index contributed by atoms with van der Waals surface area (Å²) >= 11 is 1.63. The third-order valence-corrected chi connectivity index (χ3v) is 11.1. The Labute approximate surface area is 263 Å². The van der Waals surface area contributed by atoms with E-state index in [2.05, 4.69) is 22.5 Å². The van der Waals surface area contributed by atoms with E-state index >= 15 is 4.39 Å². The van der Waals surface area contributed by atoms with E-state index in [9.17, 15) is 0 Å². The molecule has 2 fully saturated rings. The lowest BCUT2D eigenvalue weighted by molar-refractivity contribution is 0.00578. The van der Waals surface area contributed by atoms with Crippen LogP contribution >= 0.6 is 11.3 Å². The van der Waals surface area contributed by atoms with Gasteiger partial charge in [-0.25, -0.2) is 9.37 Å². The van der Waals surface area contributed by atoms with Crippen molar-refractivity contribution in [3.63, 3.8) is 0 Å². The summed E-state index contributed by atoms with van der Waals surface area (Å²) in [7, 11) is -1.21. The van der Waals surface area contributed by atoms with Gasteiger partial charge in [0.25, 0.3) is 0 Å². The Morgan fingerprint density at radius 1 is 0.841 bits per heavy atom. The molecule has 7 nitrogen and oxygen atoms in total. The molecule has 44 heavy (non-hydrogen) atoms. The second-order valence-corrected chi connectivity index (χ2v) is 15.3. The summed E-state index contributed by atoms with van der Waals surface area (Å²) in [5.74, 6) is 0.0588. The number of fused-ring (bicyclic) bond motifs is 5. The van der Waals surface area contributed by atoms with Crippen LogP contribution in [0.3, 0.4) is 0 Å². The molecule has 0 spiro atoms. The van der Waals surface area contributed by atoms with E-state index in [1.165, 1.54) is 6.07 Å². The van der Waals surface area contributed by atoms with E-state index in [1.807, 2.05) is 85.9 Å². The van der Waals surface area contributed by atoms with Crippen molar-refractivity contribution >= 4 is 47.4 Å². The summed E-state index contributed by atoms with van der Waals surface area (Å²) < 4.78 is 50.2. The maximum Gasteiger partial charge on any atom is 0.495 e. The van der Waals surface area contributed by atoms with Gasteiger partial charge in [-0.3, -0.25) is 4.57 Å². The van der Waals surface area contributed by atoms with Crippen LogP contribution in [0.5, 0.6) is 5.75 Å². The van der Waals surface area contributed by atoms with Crippen molar-refractivity contribution in [2.75, 3.05) is 0 Å². The number of aromatic nitrogens is 2. The van der Waals surface area contributed by atoms with Gasteiger partial charge in [-0.1, -0.05) is 19.1 Å². The van der Waals surface area contributed by atoms with Crippen LogP contribution in [0, 0.1) is 5.82 Å². The predicted molar refractivity (Wildman–Crippen MR) is 174 cm³/mol. The number of thiazole rings is 1. The van der Waals surface area contributed by atoms with Crippen molar-refractivity contribution in [2.24, 2.45) is 0 Å². The van der Waals surface area contributed by atoms with Crippen LogP contribution in [-0.4, -0.2) is 46.2 Å². The van der Waals surface area contributed by atoms with Crippen molar-refractivity contribution in [1.82, 2.24) is 9.55 Å². The molecule has 230 valence electrons. The zero-order valence-corrected chi connectivity index (χ0v) is 27.7. The summed E-state index contributed by atoms with van der Waals surface area (Å²) in [5.41, 5.74) is 1.57. The highest BCUT2D eigenvalue weighted by atomic mass is 32.1. The van der Waals surface area contributed by atoms with Crippen LogP contribution < -0.4 is 15.7 Å². The lowest BCUT2D eigenvalue weighted by Crippen LogP contribution is -2.41. The van der Waals surface area contributed by atoms with Crippen LogP contribution in [-0.2, 0) is 25.0 Å². The fourth-order valence-electron chi connectivity index (χ4n) is 6.01. The summed E-state index contributed by atoms with van der Waals surface area (Å²) in [6.07, 6.45) is 3.26. The molecule has 0 aliphatic carbocycles. The highest BCUT2D eigenvalue weighted by Gasteiger charge is 2.53. The first kappa shape index (κ1) is 30.0. The van der Waals surface area contributed by atoms with Gasteiger partial charge in [0.15, 0.2) is 0 Å². The Hall–Kier alpha value is -2.69. The Balaban J connectivity index is 1.35. The largest absolute Gasteiger partial charge is 0.495 e. The third-order valence-electron chi connectivity index (χ3n) is 10.00. The minimum Gasteiger partial charge on any atom is -0.464 e. The minimum absolute atomic E-state index is 0.392. The molecular weight excluding hydrogens is 577 g/mol. The van der Waals surface area contributed by atoms with Crippen LogP contribution in [0.1, 0.15) is 84.8 Å². The molecule has 5 heterocycles. The Bertz CT molecular complexity index is 1750. The minimum atomic E-state index is -0.711. The Morgan fingerprint density at radius 2 is 1.45 bits per heavy atom. The number of rotatable bonds is 5. The smallest absolute Gasteiger partial charge is 0.464 e. The monoisotopic (exact) mass is 616 g/mol. The standard InChI is InChI=1S/C33H39B2FN2O5S/c1-10-11-27-37-18-26(44-27)29-38-23-13-12-20(34-40-30(2,3)31(4,5)41-34)14-19(23)15-24(38)28-22(36)16-21(17-25(28)39-29)35-42-32(6,7)33(8,9)43-35/h12-18,29H,10-11H2,1-9H3. The zero-order valence-electron chi connectivity index (χ0n) is 26.9. The number of aryl methyl sites for hydroxylation is 1. The van der Waals surface area contributed by atoms with Crippen molar-refractivity contribution in [1.29, 1.82) is 0 Å². The maximum absolute atomic E-state index is 16.3. The molecule has 0 saturated carbocycles. The van der Waals surface area contributed by atoms with Crippen molar-refractivity contribution in [2.45, 2.75) is 104 Å². The van der Waals surface area contributed by atoms with E-state index in [0.29, 0.717) is 16.8 Å². The fourth-order valence-corrected chi connectivity index (χ4v) is 7.05. The summed E-state index contributed by atoms with van der Waals surface area (Å²) in [5, 5.41) is 2.00. The molecule has 11 heteroatoms. The van der Waals surface area contributed by atoms with Crippen molar-refractivity contribution in [3.05, 3.63) is 58.3 Å². The van der Waals surface area contributed by atoms with Gasteiger partial charge in [0.1, 0.15) is 11.6 Å². The van der Waals surface area contributed by atoms with Gasteiger partial charge in [0.05, 0.1) is 49.1 Å². The van der Waals surface area contributed by atoms with E-state index in [1.54, 1.807) is 11.3 Å². The first-order valence-electron chi connectivity index (χ1n) is 15.4. The molecule has 3 aliphatic rings. The van der Waals surface area contributed by atoms with Crippen molar-refractivity contribution in [3.8, 4) is 17.0 Å². The molecule has 3 aliphatic heterocycles. The zero-order chi connectivity index (χ0) is 31.4. The number of benzene rings is 2. The second-order valence-electron chi connectivity index (χ2n) is 14.1. The molecule has 2 saturated heterocycles. The molecule has 0 radical (unpaired) electrons. The Morgan fingerprint density at radius 3 is 2.07 bits per heavy atom. The molecule has 2 aromatic carbocycles. The summed E-state index contributed by atoms with van der Waals surface area (Å²) in [4.78, 5) is 5.63. The SMILES string of the molecule is CCCc1ncc(C2Oc3cc(B4OC(C)(C)C(C)(C)O4)cc(F)c3-c3cc4cc(B5OC(C)(C)C(C)(C)O5)ccc4n32)s1. The predicted octanol–water partition coefficient (Wildman–Crippen LogP) is 6.39. The second kappa shape index (κ2) is 9.90. The molecule has 0 amide bonds. The Kier molecular flexibility index (Phi) is 6.75. The highest BCUT2D eigenvalue weighted by molar-refractivity contribution is 7.11. The van der Waals surface area contributed by atoms with E-state index < -0.39 is 48.7 Å². The molecule has 0 N–H and O–H groups in total. The first-order chi connectivity index (χ1) is 20.6. The lowest BCUT2D eigenvalue weighted by atomic mass is 9.78. The van der Waals surface area contributed by atoms with Crippen LogP contribution in [0.4, 0.5) is 4.39 Å². The van der Waals surface area contributed by atoms with Crippen LogP contribution in [0.2, 0.25) is 0 Å².